The molecule has 0 fully saturated rings. The van der Waals surface area contributed by atoms with Gasteiger partial charge in [0.05, 0.1) is 13.3 Å². The summed E-state index contributed by atoms with van der Waals surface area (Å²) in [5, 5.41) is 7.42. The number of hydrogen-bond acceptors (Lipinski definition) is 5. The number of carbonyl (C=O) groups is 1. The standard InChI is InChI=1S/2C6H12N2.C2H4O2/c2*1-3-8-5-4-7(2)6-8;1-2(3)4/h2*4-5H,3,6H2,1-2H3;1H3,(H,3,4). The van der Waals surface area contributed by atoms with E-state index in [2.05, 4.69) is 72.3 Å². The number of carboxylic acids is 1. The summed E-state index contributed by atoms with van der Waals surface area (Å²) in [4.78, 5) is 17.8. The van der Waals surface area contributed by atoms with Gasteiger partial charge >= 0.3 is 0 Å². The maximum atomic E-state index is 9.00. The zero-order valence-corrected chi connectivity index (χ0v) is 13.3. The minimum absolute atomic E-state index is 0.833. The molecule has 116 valence electrons. The maximum Gasteiger partial charge on any atom is 0.300 e. The minimum atomic E-state index is -0.833. The van der Waals surface area contributed by atoms with Crippen molar-refractivity contribution in [1.82, 2.24) is 19.6 Å². The Morgan fingerprint density at radius 1 is 0.950 bits per heavy atom. The van der Waals surface area contributed by atoms with Gasteiger partial charge in [-0.15, -0.1) is 0 Å². The van der Waals surface area contributed by atoms with Crippen LogP contribution in [0.15, 0.2) is 24.8 Å². The summed E-state index contributed by atoms with van der Waals surface area (Å²) in [6.45, 7) is 9.72. The molecule has 0 aromatic heterocycles. The molecule has 0 aliphatic carbocycles. The molecule has 0 radical (unpaired) electrons. The molecular weight excluding hydrogens is 256 g/mol. The molecule has 20 heavy (non-hydrogen) atoms. The summed E-state index contributed by atoms with van der Waals surface area (Å²) in [5.74, 6) is -0.833. The fourth-order valence-corrected chi connectivity index (χ4v) is 1.59. The second-order valence-electron chi connectivity index (χ2n) is 4.72. The van der Waals surface area contributed by atoms with Gasteiger partial charge in [-0.25, -0.2) is 0 Å². The maximum absolute atomic E-state index is 9.00. The van der Waals surface area contributed by atoms with Crippen molar-refractivity contribution < 1.29 is 9.90 Å². The smallest absolute Gasteiger partial charge is 0.300 e. The first-order valence-corrected chi connectivity index (χ1v) is 6.83. The summed E-state index contributed by atoms with van der Waals surface area (Å²) in [6, 6.07) is 0. The predicted molar refractivity (Wildman–Crippen MR) is 81.6 cm³/mol. The molecule has 0 atom stereocenters. The normalized spacial score (nSPS) is 15.8. The van der Waals surface area contributed by atoms with Gasteiger partial charge in [-0.3, -0.25) is 4.79 Å². The molecule has 0 saturated carbocycles. The van der Waals surface area contributed by atoms with E-state index in [1.165, 1.54) is 0 Å². The van der Waals surface area contributed by atoms with Crippen molar-refractivity contribution in [3.63, 3.8) is 0 Å². The zero-order valence-electron chi connectivity index (χ0n) is 13.3. The molecule has 1 N–H and O–H groups in total. The number of aliphatic carboxylic acids is 1. The Morgan fingerprint density at radius 3 is 1.35 bits per heavy atom. The molecular formula is C14H28N4O2. The molecule has 2 heterocycles. The van der Waals surface area contributed by atoms with Crippen molar-refractivity contribution in [2.75, 3.05) is 40.5 Å². The average molecular weight is 284 g/mol. The van der Waals surface area contributed by atoms with Crippen LogP contribution in [-0.2, 0) is 4.79 Å². The van der Waals surface area contributed by atoms with Crippen molar-refractivity contribution >= 4 is 5.97 Å². The minimum Gasteiger partial charge on any atom is -0.481 e. The molecule has 0 saturated heterocycles. The van der Waals surface area contributed by atoms with E-state index in [0.717, 1.165) is 33.4 Å². The first-order valence-electron chi connectivity index (χ1n) is 6.83. The summed E-state index contributed by atoms with van der Waals surface area (Å²) < 4.78 is 0. The third kappa shape index (κ3) is 9.13. The van der Waals surface area contributed by atoms with Crippen LogP contribution in [0, 0.1) is 0 Å². The Morgan fingerprint density at radius 2 is 1.25 bits per heavy atom. The molecule has 0 unspecified atom stereocenters. The number of nitrogens with zero attached hydrogens (tertiary/aromatic N) is 4. The van der Waals surface area contributed by atoms with Gasteiger partial charge in [0, 0.05) is 58.9 Å². The van der Waals surface area contributed by atoms with Gasteiger partial charge in [0.15, 0.2) is 0 Å². The first kappa shape index (κ1) is 18.1. The van der Waals surface area contributed by atoms with E-state index in [0.29, 0.717) is 0 Å². The monoisotopic (exact) mass is 284 g/mol. The van der Waals surface area contributed by atoms with E-state index >= 15 is 0 Å². The van der Waals surface area contributed by atoms with E-state index in [1.54, 1.807) is 0 Å². The van der Waals surface area contributed by atoms with Crippen LogP contribution in [0.25, 0.3) is 0 Å². The van der Waals surface area contributed by atoms with Crippen molar-refractivity contribution in [2.45, 2.75) is 20.8 Å². The second kappa shape index (κ2) is 10.00. The molecule has 0 spiro atoms. The van der Waals surface area contributed by atoms with Gasteiger partial charge in [0.2, 0.25) is 0 Å². The lowest BCUT2D eigenvalue weighted by Gasteiger charge is -2.14. The molecule has 0 aromatic rings. The highest BCUT2D eigenvalue weighted by atomic mass is 16.4. The van der Waals surface area contributed by atoms with Gasteiger partial charge in [0.25, 0.3) is 5.97 Å². The van der Waals surface area contributed by atoms with E-state index in [9.17, 15) is 0 Å². The van der Waals surface area contributed by atoms with Crippen LogP contribution < -0.4 is 0 Å². The largest absolute Gasteiger partial charge is 0.481 e. The zero-order chi connectivity index (χ0) is 15.5. The third-order valence-electron chi connectivity index (χ3n) is 2.69. The second-order valence-corrected chi connectivity index (χ2v) is 4.72. The Balaban J connectivity index is 0.000000289. The summed E-state index contributed by atoms with van der Waals surface area (Å²) in [7, 11) is 4.15. The van der Waals surface area contributed by atoms with Crippen molar-refractivity contribution in [1.29, 1.82) is 0 Å². The SMILES string of the molecule is CC(=O)O.CCN1C=CN(C)C1.CCN1C=CN(C)C1. The van der Waals surface area contributed by atoms with Crippen LogP contribution in [0.3, 0.4) is 0 Å². The van der Waals surface area contributed by atoms with Crippen molar-refractivity contribution in [3.8, 4) is 0 Å². The Hall–Kier alpha value is -1.85. The molecule has 2 rings (SSSR count). The fraction of sp³-hybridized carbons (Fsp3) is 0.643. The molecule has 0 aromatic carbocycles. The summed E-state index contributed by atoms with van der Waals surface area (Å²) in [5.41, 5.74) is 0. The lowest BCUT2D eigenvalue weighted by atomic mass is 10.6. The van der Waals surface area contributed by atoms with Gasteiger partial charge in [-0.2, -0.15) is 0 Å². The van der Waals surface area contributed by atoms with Crippen LogP contribution in [0.1, 0.15) is 20.8 Å². The van der Waals surface area contributed by atoms with Crippen LogP contribution >= 0.6 is 0 Å². The highest BCUT2D eigenvalue weighted by molar-refractivity contribution is 5.62. The average Bonchev–Trinajstić information content (AvgIpc) is 2.97. The number of hydrogen-bond donors (Lipinski definition) is 1. The highest BCUT2D eigenvalue weighted by Gasteiger charge is 2.03. The van der Waals surface area contributed by atoms with Gasteiger partial charge in [-0.05, 0) is 13.8 Å². The van der Waals surface area contributed by atoms with Crippen LogP contribution in [0.5, 0.6) is 0 Å². The summed E-state index contributed by atoms with van der Waals surface area (Å²) in [6.07, 6.45) is 8.40. The van der Waals surface area contributed by atoms with Gasteiger partial charge < -0.3 is 24.7 Å². The Bertz CT molecular complexity index is 301. The molecule has 0 amide bonds. The highest BCUT2D eigenvalue weighted by Crippen LogP contribution is 2.01. The predicted octanol–water partition coefficient (Wildman–Crippen LogP) is 1.46. The molecule has 6 nitrogen and oxygen atoms in total. The number of rotatable bonds is 2. The van der Waals surface area contributed by atoms with Crippen LogP contribution in [0.4, 0.5) is 0 Å². The van der Waals surface area contributed by atoms with Gasteiger partial charge in [0.1, 0.15) is 0 Å². The van der Waals surface area contributed by atoms with Crippen molar-refractivity contribution in [3.05, 3.63) is 24.8 Å². The third-order valence-corrected chi connectivity index (χ3v) is 2.69. The quantitative estimate of drug-likeness (QED) is 0.828. The fourth-order valence-electron chi connectivity index (χ4n) is 1.59. The molecule has 0 bridgehead atoms. The van der Waals surface area contributed by atoms with Gasteiger partial charge in [-0.1, -0.05) is 0 Å². The first-order chi connectivity index (χ1) is 9.38. The number of carboxylic acid groups (broad SMARTS) is 1. The lowest BCUT2D eigenvalue weighted by Crippen LogP contribution is -2.21. The van der Waals surface area contributed by atoms with E-state index in [-0.39, 0.29) is 0 Å². The Kier molecular flexibility index (Phi) is 9.07. The van der Waals surface area contributed by atoms with E-state index in [4.69, 9.17) is 9.90 Å². The van der Waals surface area contributed by atoms with Crippen LogP contribution in [0.2, 0.25) is 0 Å². The topological polar surface area (TPSA) is 50.3 Å². The Labute approximate surface area is 122 Å². The molecule has 2 aliphatic heterocycles. The summed E-state index contributed by atoms with van der Waals surface area (Å²) >= 11 is 0. The van der Waals surface area contributed by atoms with Crippen molar-refractivity contribution in [2.24, 2.45) is 0 Å². The lowest BCUT2D eigenvalue weighted by molar-refractivity contribution is -0.134. The van der Waals surface area contributed by atoms with E-state index in [1.807, 2.05) is 0 Å². The van der Waals surface area contributed by atoms with Crippen LogP contribution in [-0.4, -0.2) is 71.2 Å². The molecule has 6 heteroatoms. The molecule has 2 aliphatic rings. The van der Waals surface area contributed by atoms with E-state index < -0.39 is 5.97 Å².